The van der Waals surface area contributed by atoms with Crippen molar-refractivity contribution >= 4 is 23.4 Å². The Bertz CT molecular complexity index is 712. The molecule has 3 rings (SSSR count). The maximum atomic E-state index is 13.3. The molecular weight excluding hydrogens is 335 g/mol. The largest absolute Gasteiger partial charge is 0.371 e. The number of nitrogens with zero attached hydrogens (tertiary/aromatic N) is 1. The van der Waals surface area contributed by atoms with E-state index in [4.69, 9.17) is 0 Å². The summed E-state index contributed by atoms with van der Waals surface area (Å²) in [5.74, 6) is 0.309. The van der Waals surface area contributed by atoms with Crippen LogP contribution in [0, 0.1) is 12.7 Å². The van der Waals surface area contributed by atoms with Gasteiger partial charge in [-0.3, -0.25) is 4.79 Å². The van der Waals surface area contributed by atoms with Gasteiger partial charge in [0.15, 0.2) is 0 Å². The fourth-order valence-electron chi connectivity index (χ4n) is 3.01. The third-order valence-electron chi connectivity index (χ3n) is 4.42. The Morgan fingerprint density at radius 1 is 1.20 bits per heavy atom. The molecule has 1 saturated heterocycles. The van der Waals surface area contributed by atoms with Crippen LogP contribution in [0.4, 0.5) is 10.1 Å². The van der Waals surface area contributed by atoms with Crippen LogP contribution in [0.15, 0.2) is 53.4 Å². The molecule has 132 valence electrons. The predicted octanol–water partition coefficient (Wildman–Crippen LogP) is 4.01. The molecule has 0 aromatic heterocycles. The van der Waals surface area contributed by atoms with Gasteiger partial charge in [-0.25, -0.2) is 4.39 Å². The summed E-state index contributed by atoms with van der Waals surface area (Å²) in [6.45, 7) is 3.72. The lowest BCUT2D eigenvalue weighted by Gasteiger charge is -2.34. The van der Waals surface area contributed by atoms with Crippen LogP contribution < -0.4 is 10.2 Å². The van der Waals surface area contributed by atoms with Gasteiger partial charge in [0, 0.05) is 29.7 Å². The zero-order valence-corrected chi connectivity index (χ0v) is 15.2. The second-order valence-electron chi connectivity index (χ2n) is 6.41. The van der Waals surface area contributed by atoms with Gasteiger partial charge in [0.25, 0.3) is 0 Å². The molecule has 1 aliphatic rings. The highest BCUT2D eigenvalue weighted by molar-refractivity contribution is 8.00. The Labute approximate surface area is 152 Å². The molecule has 0 bridgehead atoms. The van der Waals surface area contributed by atoms with E-state index in [1.807, 2.05) is 18.2 Å². The van der Waals surface area contributed by atoms with Crippen molar-refractivity contribution in [1.82, 2.24) is 5.32 Å². The number of piperidine rings is 1. The van der Waals surface area contributed by atoms with E-state index in [0.717, 1.165) is 36.5 Å². The Hall–Kier alpha value is -2.01. The summed E-state index contributed by atoms with van der Waals surface area (Å²) in [5, 5.41) is 3.12. The molecule has 0 unspecified atom stereocenters. The van der Waals surface area contributed by atoms with Crippen LogP contribution in [-0.4, -0.2) is 30.8 Å². The minimum absolute atomic E-state index is 0.0785. The molecule has 2 aromatic rings. The minimum Gasteiger partial charge on any atom is -0.371 e. The van der Waals surface area contributed by atoms with E-state index in [1.54, 1.807) is 23.9 Å². The van der Waals surface area contributed by atoms with E-state index in [1.165, 1.54) is 11.6 Å². The number of benzene rings is 2. The summed E-state index contributed by atoms with van der Waals surface area (Å²) >= 11 is 1.56. The number of anilines is 1. The van der Waals surface area contributed by atoms with Gasteiger partial charge in [-0.15, -0.1) is 11.8 Å². The van der Waals surface area contributed by atoms with Crippen LogP contribution in [0.1, 0.15) is 18.4 Å². The fraction of sp³-hybridized carbons (Fsp3) is 0.350. The number of thioether (sulfide) groups is 1. The first kappa shape index (κ1) is 17.8. The van der Waals surface area contributed by atoms with Crippen LogP contribution in [0.3, 0.4) is 0 Å². The molecule has 1 amide bonds. The quantitative estimate of drug-likeness (QED) is 0.820. The number of carbonyl (C=O) groups is 1. The number of halogens is 1. The number of hydrogen-bond acceptors (Lipinski definition) is 3. The van der Waals surface area contributed by atoms with Crippen molar-refractivity contribution < 1.29 is 9.18 Å². The number of carbonyl (C=O) groups excluding carboxylic acids is 1. The Balaban J connectivity index is 1.42. The van der Waals surface area contributed by atoms with Crippen LogP contribution in [0.5, 0.6) is 0 Å². The van der Waals surface area contributed by atoms with Gasteiger partial charge < -0.3 is 10.2 Å². The third-order valence-corrected chi connectivity index (χ3v) is 5.44. The zero-order valence-electron chi connectivity index (χ0n) is 14.4. The Morgan fingerprint density at radius 2 is 1.92 bits per heavy atom. The van der Waals surface area contributed by atoms with Crippen molar-refractivity contribution in [2.24, 2.45) is 0 Å². The lowest BCUT2D eigenvalue weighted by molar-refractivity contribution is -0.119. The molecule has 0 atom stereocenters. The van der Waals surface area contributed by atoms with Crippen molar-refractivity contribution in [3.63, 3.8) is 0 Å². The molecule has 1 aliphatic heterocycles. The van der Waals surface area contributed by atoms with Crippen molar-refractivity contribution in [2.45, 2.75) is 30.7 Å². The SMILES string of the molecule is Cc1ccc(SCC(=O)NC2CCN(c3cccc(F)c3)CC2)cc1. The monoisotopic (exact) mass is 358 g/mol. The Morgan fingerprint density at radius 3 is 2.60 bits per heavy atom. The molecule has 0 radical (unpaired) electrons. The lowest BCUT2D eigenvalue weighted by atomic mass is 10.0. The van der Waals surface area contributed by atoms with Crippen molar-refractivity contribution in [2.75, 3.05) is 23.7 Å². The van der Waals surface area contributed by atoms with Gasteiger partial charge >= 0.3 is 0 Å². The highest BCUT2D eigenvalue weighted by atomic mass is 32.2. The van der Waals surface area contributed by atoms with Crippen molar-refractivity contribution in [1.29, 1.82) is 0 Å². The molecule has 0 aliphatic carbocycles. The molecule has 1 fully saturated rings. The summed E-state index contributed by atoms with van der Waals surface area (Å²) in [4.78, 5) is 15.4. The molecule has 3 nitrogen and oxygen atoms in total. The van der Waals surface area contributed by atoms with Gasteiger partial charge in [-0.05, 0) is 50.1 Å². The second-order valence-corrected chi connectivity index (χ2v) is 7.46. The van der Waals surface area contributed by atoms with Crippen LogP contribution in [-0.2, 0) is 4.79 Å². The Kier molecular flexibility index (Phi) is 5.97. The lowest BCUT2D eigenvalue weighted by Crippen LogP contribution is -2.45. The van der Waals surface area contributed by atoms with Crippen LogP contribution >= 0.6 is 11.8 Å². The van der Waals surface area contributed by atoms with Gasteiger partial charge in [0.1, 0.15) is 5.82 Å². The van der Waals surface area contributed by atoms with E-state index >= 15 is 0 Å². The average molecular weight is 358 g/mol. The number of nitrogens with one attached hydrogen (secondary N) is 1. The zero-order chi connectivity index (χ0) is 17.6. The third kappa shape index (κ3) is 5.23. The summed E-state index contributed by atoms with van der Waals surface area (Å²) in [6.07, 6.45) is 1.77. The molecule has 0 saturated carbocycles. The van der Waals surface area contributed by atoms with Gasteiger partial charge in [0.2, 0.25) is 5.91 Å². The molecule has 1 N–H and O–H groups in total. The topological polar surface area (TPSA) is 32.3 Å². The van der Waals surface area contributed by atoms with Gasteiger partial charge in [0.05, 0.1) is 5.75 Å². The van der Waals surface area contributed by atoms with Crippen LogP contribution in [0.25, 0.3) is 0 Å². The van der Waals surface area contributed by atoms with E-state index in [9.17, 15) is 9.18 Å². The minimum atomic E-state index is -0.207. The number of rotatable bonds is 5. The summed E-state index contributed by atoms with van der Waals surface area (Å²) < 4.78 is 13.3. The summed E-state index contributed by atoms with van der Waals surface area (Å²) in [5.41, 5.74) is 2.14. The molecular formula is C20H23FN2OS. The smallest absolute Gasteiger partial charge is 0.230 e. The molecule has 1 heterocycles. The highest BCUT2D eigenvalue weighted by Crippen LogP contribution is 2.21. The van der Waals surface area contributed by atoms with Crippen LogP contribution in [0.2, 0.25) is 0 Å². The van der Waals surface area contributed by atoms with E-state index in [-0.39, 0.29) is 17.8 Å². The second kappa shape index (κ2) is 8.39. The molecule has 2 aromatic carbocycles. The normalized spacial score (nSPS) is 15.2. The average Bonchev–Trinajstić information content (AvgIpc) is 2.62. The number of aryl methyl sites for hydroxylation is 1. The van der Waals surface area contributed by atoms with Crippen molar-refractivity contribution in [3.05, 3.63) is 59.9 Å². The molecule has 25 heavy (non-hydrogen) atoms. The van der Waals surface area contributed by atoms with E-state index in [0.29, 0.717) is 5.75 Å². The molecule has 5 heteroatoms. The first-order valence-electron chi connectivity index (χ1n) is 8.59. The maximum absolute atomic E-state index is 13.3. The first-order valence-corrected chi connectivity index (χ1v) is 9.58. The predicted molar refractivity (Wildman–Crippen MR) is 102 cm³/mol. The standard InChI is InChI=1S/C20H23FN2OS/c1-15-5-7-19(8-6-15)25-14-20(24)22-17-9-11-23(12-10-17)18-4-2-3-16(21)13-18/h2-8,13,17H,9-12,14H2,1H3,(H,22,24). The fourth-order valence-corrected chi connectivity index (χ4v) is 3.72. The van der Waals surface area contributed by atoms with Gasteiger partial charge in [-0.1, -0.05) is 23.8 Å². The van der Waals surface area contributed by atoms with Crippen molar-refractivity contribution in [3.8, 4) is 0 Å². The maximum Gasteiger partial charge on any atom is 0.230 e. The highest BCUT2D eigenvalue weighted by Gasteiger charge is 2.21. The van der Waals surface area contributed by atoms with E-state index in [2.05, 4.69) is 29.3 Å². The summed E-state index contributed by atoms with van der Waals surface area (Å²) in [7, 11) is 0. The number of hydrogen-bond donors (Lipinski definition) is 1. The van der Waals surface area contributed by atoms with Gasteiger partial charge in [-0.2, -0.15) is 0 Å². The number of amides is 1. The first-order chi connectivity index (χ1) is 12.1. The van der Waals surface area contributed by atoms with E-state index < -0.39 is 0 Å². The summed E-state index contributed by atoms with van der Waals surface area (Å²) in [6, 6.07) is 15.1. The molecule has 0 spiro atoms.